The molecular weight excluding hydrogens is 510 g/mol. The molecule has 2 aliphatic rings. The SMILES string of the molecule is COc1ccc2c(c1)nc(SCc1ncc(C)c(OC)c1C)n2S(=O)(=O)C[C@@]12CCC(CC1=O)C2(C)C. The quantitative estimate of drug-likeness (QED) is 0.369. The minimum atomic E-state index is -3.93. The average molecular weight is 544 g/mol. The number of hydrogen-bond acceptors (Lipinski definition) is 8. The highest BCUT2D eigenvalue weighted by molar-refractivity contribution is 7.99. The Kier molecular flexibility index (Phi) is 6.34. The van der Waals surface area contributed by atoms with Crippen LogP contribution in [-0.2, 0) is 20.6 Å². The van der Waals surface area contributed by atoms with Crippen LogP contribution in [0.15, 0.2) is 29.6 Å². The summed E-state index contributed by atoms with van der Waals surface area (Å²) in [6.07, 6.45) is 3.72. The van der Waals surface area contributed by atoms with Gasteiger partial charge in [0, 0.05) is 35.6 Å². The number of ketones is 1. The van der Waals surface area contributed by atoms with Crippen LogP contribution < -0.4 is 9.47 Å². The van der Waals surface area contributed by atoms with Gasteiger partial charge in [-0.2, -0.15) is 0 Å². The fourth-order valence-electron chi connectivity index (χ4n) is 6.34. The van der Waals surface area contributed by atoms with E-state index >= 15 is 0 Å². The molecule has 10 heteroatoms. The fraction of sp³-hybridized carbons (Fsp3) is 0.519. The summed E-state index contributed by atoms with van der Waals surface area (Å²) in [7, 11) is -0.740. The third kappa shape index (κ3) is 3.94. The van der Waals surface area contributed by atoms with Crippen molar-refractivity contribution in [3.05, 3.63) is 41.2 Å². The number of aromatic nitrogens is 3. The van der Waals surface area contributed by atoms with E-state index in [-0.39, 0.29) is 22.9 Å². The molecule has 2 atom stereocenters. The fourth-order valence-corrected chi connectivity index (χ4v) is 9.93. The van der Waals surface area contributed by atoms with Crippen molar-refractivity contribution >= 4 is 38.6 Å². The molecule has 2 fully saturated rings. The van der Waals surface area contributed by atoms with Gasteiger partial charge in [0.25, 0.3) is 0 Å². The van der Waals surface area contributed by atoms with Crippen LogP contribution in [0.5, 0.6) is 11.5 Å². The number of hydrogen-bond donors (Lipinski definition) is 0. The lowest BCUT2D eigenvalue weighted by atomic mass is 9.70. The Morgan fingerprint density at radius 3 is 2.57 bits per heavy atom. The Bertz CT molecular complexity index is 1510. The van der Waals surface area contributed by atoms with Gasteiger partial charge in [0.15, 0.2) is 5.16 Å². The Morgan fingerprint density at radius 1 is 1.19 bits per heavy atom. The third-order valence-corrected chi connectivity index (χ3v) is 11.6. The summed E-state index contributed by atoms with van der Waals surface area (Å²) in [6, 6.07) is 5.19. The van der Waals surface area contributed by atoms with Crippen molar-refractivity contribution < 1.29 is 22.7 Å². The maximum absolute atomic E-state index is 14.2. The van der Waals surface area contributed by atoms with Gasteiger partial charge in [-0.05, 0) is 50.2 Å². The smallest absolute Gasteiger partial charge is 0.242 e. The molecule has 0 aliphatic heterocycles. The van der Waals surface area contributed by atoms with Crippen molar-refractivity contribution in [1.29, 1.82) is 0 Å². The number of rotatable bonds is 8. The molecule has 1 aromatic carbocycles. The molecule has 0 N–H and O–H groups in total. The molecule has 2 saturated carbocycles. The largest absolute Gasteiger partial charge is 0.497 e. The Hall–Kier alpha value is -2.59. The van der Waals surface area contributed by atoms with E-state index in [1.807, 2.05) is 13.8 Å². The number of Topliss-reactive ketones (excluding diaryl/α,β-unsaturated/α-hetero) is 1. The van der Waals surface area contributed by atoms with Crippen molar-refractivity contribution in [2.45, 2.75) is 57.9 Å². The van der Waals surface area contributed by atoms with Crippen LogP contribution in [0.3, 0.4) is 0 Å². The van der Waals surface area contributed by atoms with E-state index in [9.17, 15) is 13.2 Å². The van der Waals surface area contributed by atoms with Gasteiger partial charge in [0.2, 0.25) is 10.0 Å². The number of fused-ring (bicyclic) bond motifs is 3. The number of carbonyl (C=O) groups is 1. The van der Waals surface area contributed by atoms with Crippen LogP contribution in [0.1, 0.15) is 49.9 Å². The molecule has 1 unspecified atom stereocenters. The zero-order valence-electron chi connectivity index (χ0n) is 22.1. The van der Waals surface area contributed by atoms with E-state index in [1.54, 1.807) is 38.6 Å². The predicted octanol–water partition coefficient (Wildman–Crippen LogP) is 4.93. The van der Waals surface area contributed by atoms with E-state index in [0.29, 0.717) is 40.5 Å². The summed E-state index contributed by atoms with van der Waals surface area (Å²) in [5.74, 6) is 1.87. The van der Waals surface area contributed by atoms with Crippen molar-refractivity contribution in [2.75, 3.05) is 20.0 Å². The maximum atomic E-state index is 14.2. The lowest BCUT2D eigenvalue weighted by Gasteiger charge is -2.36. The van der Waals surface area contributed by atoms with E-state index < -0.39 is 15.4 Å². The third-order valence-electron chi connectivity index (χ3n) is 8.73. The highest BCUT2D eigenvalue weighted by atomic mass is 32.2. The van der Waals surface area contributed by atoms with Gasteiger partial charge in [-0.3, -0.25) is 9.78 Å². The first-order valence-electron chi connectivity index (χ1n) is 12.4. The number of nitrogens with zero attached hydrogens (tertiary/aromatic N) is 3. The van der Waals surface area contributed by atoms with Crippen molar-refractivity contribution in [3.8, 4) is 11.5 Å². The second kappa shape index (κ2) is 9.01. The van der Waals surface area contributed by atoms with Gasteiger partial charge < -0.3 is 9.47 Å². The molecule has 37 heavy (non-hydrogen) atoms. The van der Waals surface area contributed by atoms with Crippen molar-refractivity contribution in [3.63, 3.8) is 0 Å². The van der Waals surface area contributed by atoms with E-state index in [0.717, 1.165) is 29.0 Å². The van der Waals surface area contributed by atoms with Gasteiger partial charge >= 0.3 is 0 Å². The first-order valence-corrected chi connectivity index (χ1v) is 15.0. The van der Waals surface area contributed by atoms with Gasteiger partial charge in [-0.15, -0.1) is 0 Å². The standard InChI is InChI=1S/C27H33N3O5S2/c1-16-13-28-21(17(2)24(16)35-6)14-36-25-29-20-12-19(34-5)7-8-22(20)30(25)37(32,33)15-27-10-9-18(11-23(27)31)26(27,3)4/h7-8,12-13,18H,9-11,14-15H2,1-6H3/t18?,27-/m0/s1. The maximum Gasteiger partial charge on any atom is 0.242 e. The molecule has 0 spiro atoms. The van der Waals surface area contributed by atoms with Crippen LogP contribution in [0.2, 0.25) is 0 Å². The average Bonchev–Trinajstić information content (AvgIpc) is 3.39. The van der Waals surface area contributed by atoms with Gasteiger partial charge in [-0.1, -0.05) is 25.6 Å². The molecule has 3 aromatic rings. The zero-order valence-corrected chi connectivity index (χ0v) is 23.8. The van der Waals surface area contributed by atoms with Crippen molar-refractivity contribution in [2.24, 2.45) is 16.7 Å². The van der Waals surface area contributed by atoms with Crippen LogP contribution in [0.4, 0.5) is 0 Å². The minimum Gasteiger partial charge on any atom is -0.497 e. The lowest BCUT2D eigenvalue weighted by molar-refractivity contribution is -0.128. The Labute approximate surface area is 222 Å². The second-order valence-corrected chi connectivity index (χ2v) is 13.5. The molecule has 198 valence electrons. The topological polar surface area (TPSA) is 100 Å². The Balaban J connectivity index is 1.57. The molecule has 2 bridgehead atoms. The number of pyridine rings is 1. The highest BCUT2D eigenvalue weighted by Crippen LogP contribution is 2.64. The van der Waals surface area contributed by atoms with Gasteiger partial charge in [0.05, 0.1) is 42.1 Å². The number of aryl methyl sites for hydroxylation is 1. The summed E-state index contributed by atoms with van der Waals surface area (Å²) in [4.78, 5) is 22.4. The number of methoxy groups -OCH3 is 2. The lowest BCUT2D eigenvalue weighted by Crippen LogP contribution is -2.43. The monoisotopic (exact) mass is 543 g/mol. The number of thioether (sulfide) groups is 1. The molecule has 8 nitrogen and oxygen atoms in total. The van der Waals surface area contributed by atoms with Gasteiger partial charge in [0.1, 0.15) is 17.3 Å². The van der Waals surface area contributed by atoms with Crippen LogP contribution in [0, 0.1) is 30.6 Å². The molecule has 0 saturated heterocycles. The highest BCUT2D eigenvalue weighted by Gasteiger charge is 2.65. The molecule has 2 heterocycles. The number of benzene rings is 1. The van der Waals surface area contributed by atoms with E-state index in [4.69, 9.17) is 14.5 Å². The predicted molar refractivity (Wildman–Crippen MR) is 144 cm³/mol. The zero-order chi connectivity index (χ0) is 26.8. The van der Waals surface area contributed by atoms with Crippen molar-refractivity contribution in [1.82, 2.24) is 13.9 Å². The molecule has 0 amide bonds. The number of carbonyl (C=O) groups excluding carboxylic acids is 1. The normalized spacial score (nSPS) is 22.6. The summed E-state index contributed by atoms with van der Waals surface area (Å²) in [5.41, 5.74) is 2.42. The molecule has 0 radical (unpaired) electrons. The molecular formula is C27H33N3O5S2. The summed E-state index contributed by atoms with van der Waals surface area (Å²) >= 11 is 1.31. The van der Waals surface area contributed by atoms with E-state index in [2.05, 4.69) is 18.8 Å². The van der Waals surface area contributed by atoms with Gasteiger partial charge in [-0.25, -0.2) is 17.4 Å². The first kappa shape index (κ1) is 26.0. The summed E-state index contributed by atoms with van der Waals surface area (Å²) in [5, 5.41) is 0.346. The number of imidazole rings is 1. The van der Waals surface area contributed by atoms with E-state index in [1.165, 1.54) is 15.7 Å². The van der Waals surface area contributed by atoms with Crippen LogP contribution in [-0.4, -0.2) is 48.1 Å². The molecule has 2 aliphatic carbocycles. The summed E-state index contributed by atoms with van der Waals surface area (Å²) < 4.78 is 40.6. The minimum absolute atomic E-state index is 0.0733. The second-order valence-electron chi connectivity index (χ2n) is 10.8. The Morgan fingerprint density at radius 2 is 1.95 bits per heavy atom. The number of ether oxygens (including phenoxy) is 2. The summed E-state index contributed by atoms with van der Waals surface area (Å²) in [6.45, 7) is 7.99. The van der Waals surface area contributed by atoms with Crippen LogP contribution in [0.25, 0.3) is 11.0 Å². The molecule has 5 rings (SSSR count). The molecule has 2 aromatic heterocycles. The first-order chi connectivity index (χ1) is 17.4. The van der Waals surface area contributed by atoms with Crippen LogP contribution >= 0.6 is 11.8 Å².